The van der Waals surface area contributed by atoms with Gasteiger partial charge in [-0.05, 0) is 74.1 Å². The number of aryl methyl sites for hydroxylation is 1. The van der Waals surface area contributed by atoms with Crippen LogP contribution in [0.1, 0.15) is 53.0 Å². The van der Waals surface area contributed by atoms with Crippen LogP contribution in [-0.2, 0) is 27.6 Å². The van der Waals surface area contributed by atoms with Crippen molar-refractivity contribution >= 4 is 66.4 Å². The van der Waals surface area contributed by atoms with Crippen molar-refractivity contribution in [2.45, 2.75) is 44.1 Å². The second-order valence-corrected chi connectivity index (χ2v) is 12.9. The number of thiophene rings is 1. The van der Waals surface area contributed by atoms with Crippen LogP contribution < -0.4 is 10.3 Å². The summed E-state index contributed by atoms with van der Waals surface area (Å²) in [6.07, 6.45) is 1.99. The van der Waals surface area contributed by atoms with Crippen LogP contribution in [0.2, 0.25) is 10.0 Å². The Morgan fingerprint density at radius 2 is 2.00 bits per heavy atom. The zero-order chi connectivity index (χ0) is 27.2. The van der Waals surface area contributed by atoms with Gasteiger partial charge in [-0.3, -0.25) is 9.52 Å². The number of anilines is 1. The van der Waals surface area contributed by atoms with E-state index >= 15 is 0 Å². The van der Waals surface area contributed by atoms with Crippen LogP contribution >= 0.6 is 34.5 Å². The van der Waals surface area contributed by atoms with E-state index in [4.69, 9.17) is 27.9 Å². The molecule has 2 heterocycles. The van der Waals surface area contributed by atoms with Crippen molar-refractivity contribution in [3.8, 4) is 0 Å². The minimum absolute atomic E-state index is 0.0800. The molecule has 2 N–H and O–H groups in total. The molecule has 0 saturated heterocycles. The van der Waals surface area contributed by atoms with Gasteiger partial charge in [0.1, 0.15) is 4.83 Å². The van der Waals surface area contributed by atoms with Gasteiger partial charge >= 0.3 is 5.97 Å². The van der Waals surface area contributed by atoms with Gasteiger partial charge in [-0.25, -0.2) is 18.2 Å². The third kappa shape index (κ3) is 5.31. The number of hydrogen-bond donors (Lipinski definition) is 2. The number of halogens is 2. The summed E-state index contributed by atoms with van der Waals surface area (Å²) in [5.74, 6) is 0.118. The Balaban J connectivity index is 1.34. The number of esters is 1. The lowest BCUT2D eigenvalue weighted by molar-refractivity contribution is 0.0320. The van der Waals surface area contributed by atoms with Gasteiger partial charge < -0.3 is 9.72 Å². The molecule has 4 aromatic rings. The monoisotopic (exact) mass is 591 g/mol. The summed E-state index contributed by atoms with van der Waals surface area (Å²) in [5.41, 5.74) is 1.12. The van der Waals surface area contributed by atoms with Gasteiger partial charge in [0.05, 0.1) is 25.9 Å². The summed E-state index contributed by atoms with van der Waals surface area (Å²) in [6, 6.07) is 9.83. The zero-order valence-corrected chi connectivity index (χ0v) is 23.5. The molecule has 2 aromatic heterocycles. The molecule has 0 bridgehead atoms. The van der Waals surface area contributed by atoms with Crippen molar-refractivity contribution in [1.82, 2.24) is 9.97 Å². The molecule has 38 heavy (non-hydrogen) atoms. The largest absolute Gasteiger partial charge is 0.451 e. The van der Waals surface area contributed by atoms with Crippen molar-refractivity contribution in [3.63, 3.8) is 0 Å². The normalized spacial score (nSPS) is 16.2. The average molecular weight is 593 g/mol. The summed E-state index contributed by atoms with van der Waals surface area (Å²) < 4.78 is 33.5. The van der Waals surface area contributed by atoms with E-state index in [0.717, 1.165) is 24.8 Å². The fourth-order valence-corrected chi connectivity index (χ4v) is 7.24. The van der Waals surface area contributed by atoms with E-state index in [1.807, 2.05) is 0 Å². The predicted molar refractivity (Wildman–Crippen MR) is 149 cm³/mol. The van der Waals surface area contributed by atoms with Crippen LogP contribution in [0, 0.1) is 5.92 Å². The van der Waals surface area contributed by atoms with Gasteiger partial charge in [-0.15, -0.1) is 11.3 Å². The molecule has 5 rings (SSSR count). The first-order valence-corrected chi connectivity index (χ1v) is 14.9. The van der Waals surface area contributed by atoms with Crippen LogP contribution in [-0.4, -0.2) is 24.4 Å². The molecule has 2 atom stereocenters. The number of fused-ring (bicyclic) bond motifs is 3. The van der Waals surface area contributed by atoms with Gasteiger partial charge in [-0.1, -0.05) is 36.2 Å². The van der Waals surface area contributed by atoms with E-state index in [2.05, 4.69) is 21.6 Å². The minimum atomic E-state index is -3.99. The molecule has 0 aliphatic heterocycles. The van der Waals surface area contributed by atoms with Gasteiger partial charge in [0.25, 0.3) is 15.6 Å². The smallest absolute Gasteiger partial charge is 0.338 e. The van der Waals surface area contributed by atoms with Crippen molar-refractivity contribution in [2.75, 3.05) is 4.72 Å². The number of benzene rings is 2. The molecule has 0 saturated carbocycles. The second kappa shape index (κ2) is 10.3. The van der Waals surface area contributed by atoms with Crippen molar-refractivity contribution in [3.05, 3.63) is 84.7 Å². The maximum Gasteiger partial charge on any atom is 0.338 e. The van der Waals surface area contributed by atoms with Gasteiger partial charge in [0.2, 0.25) is 0 Å². The molecule has 0 amide bonds. The predicted octanol–water partition coefficient (Wildman–Crippen LogP) is 6.14. The average Bonchev–Trinajstić information content (AvgIpc) is 3.23. The number of hydrogen-bond acceptors (Lipinski definition) is 7. The number of H-pyrrole nitrogens is 1. The quantitative estimate of drug-likeness (QED) is 0.260. The number of nitrogens with one attached hydrogen (secondary N) is 2. The molecule has 0 radical (unpaired) electrons. The van der Waals surface area contributed by atoms with Crippen molar-refractivity contribution in [1.29, 1.82) is 0 Å². The van der Waals surface area contributed by atoms with Crippen LogP contribution in [0.5, 0.6) is 0 Å². The lowest BCUT2D eigenvalue weighted by atomic mass is 9.89. The van der Waals surface area contributed by atoms with Crippen molar-refractivity contribution in [2.24, 2.45) is 5.92 Å². The number of aromatic nitrogens is 2. The first-order valence-electron chi connectivity index (χ1n) is 11.8. The number of carbonyl (C=O) groups excluding carboxylic acids is 1. The summed E-state index contributed by atoms with van der Waals surface area (Å²) >= 11 is 13.3. The molecule has 8 nitrogen and oxygen atoms in total. The lowest BCUT2D eigenvalue weighted by Gasteiger charge is -2.17. The summed E-state index contributed by atoms with van der Waals surface area (Å²) in [6.45, 7) is 3.82. The van der Waals surface area contributed by atoms with Gasteiger partial charge in [-0.2, -0.15) is 0 Å². The molecule has 0 spiro atoms. The molecule has 1 aliphatic carbocycles. The van der Waals surface area contributed by atoms with E-state index in [9.17, 15) is 18.0 Å². The molecule has 2 unspecified atom stereocenters. The number of rotatable bonds is 6. The molecule has 0 fully saturated rings. The van der Waals surface area contributed by atoms with E-state index in [0.29, 0.717) is 16.1 Å². The van der Waals surface area contributed by atoms with Crippen molar-refractivity contribution < 1.29 is 17.9 Å². The topological polar surface area (TPSA) is 118 Å². The molecule has 198 valence electrons. The molecule has 12 heteroatoms. The van der Waals surface area contributed by atoms with Gasteiger partial charge in [0, 0.05) is 10.6 Å². The zero-order valence-electron chi connectivity index (χ0n) is 20.4. The molecular formula is C26H23Cl2N3O5S2. The highest BCUT2D eigenvalue weighted by Crippen LogP contribution is 2.36. The highest BCUT2D eigenvalue weighted by molar-refractivity contribution is 7.92. The number of ether oxygens (including phenoxy) is 1. The number of aromatic amines is 1. The Bertz CT molecular complexity index is 1730. The number of nitrogens with zero attached hydrogens (tertiary/aromatic N) is 1. The van der Waals surface area contributed by atoms with Crippen LogP contribution in [0.25, 0.3) is 10.2 Å². The Kier molecular flexibility index (Phi) is 7.25. The first-order chi connectivity index (χ1) is 18.0. The third-order valence-electron chi connectivity index (χ3n) is 6.40. The Hall–Kier alpha value is -2.92. The fraction of sp³-hybridized carbons (Fsp3) is 0.269. The Morgan fingerprint density at radius 1 is 1.21 bits per heavy atom. The van der Waals surface area contributed by atoms with Crippen LogP contribution in [0.3, 0.4) is 0 Å². The molecule has 2 aromatic carbocycles. The number of sulfonamides is 1. The summed E-state index contributed by atoms with van der Waals surface area (Å²) in [4.78, 5) is 34.9. The molecule has 1 aliphatic rings. The van der Waals surface area contributed by atoms with Gasteiger partial charge in [0.15, 0.2) is 11.9 Å². The van der Waals surface area contributed by atoms with E-state index in [1.165, 1.54) is 58.7 Å². The number of carbonyl (C=O) groups is 1. The minimum Gasteiger partial charge on any atom is -0.451 e. The first kappa shape index (κ1) is 26.7. The SMILES string of the molecule is CC1CCc2c(sc3nc(C(C)OC(=O)c4cccc(NS(=O)(=O)c5ccc(Cl)c(Cl)c5)c4)[nH]c(=O)c23)C1. The molecular weight excluding hydrogens is 569 g/mol. The summed E-state index contributed by atoms with van der Waals surface area (Å²) in [5, 5.41) is 0.955. The third-order valence-corrected chi connectivity index (χ3v) is 9.67. The second-order valence-electron chi connectivity index (χ2n) is 9.29. The van der Waals surface area contributed by atoms with Crippen LogP contribution in [0.15, 0.2) is 52.2 Å². The van der Waals surface area contributed by atoms with E-state index in [-0.39, 0.29) is 37.6 Å². The lowest BCUT2D eigenvalue weighted by Crippen LogP contribution is -2.18. The summed E-state index contributed by atoms with van der Waals surface area (Å²) in [7, 11) is -3.99. The Labute approximate surface area is 233 Å². The van der Waals surface area contributed by atoms with Crippen LogP contribution in [0.4, 0.5) is 5.69 Å². The van der Waals surface area contributed by atoms with E-state index < -0.39 is 22.1 Å². The highest BCUT2D eigenvalue weighted by atomic mass is 35.5. The maximum absolute atomic E-state index is 12.9. The maximum atomic E-state index is 12.9. The van der Waals surface area contributed by atoms with E-state index in [1.54, 1.807) is 6.92 Å². The Morgan fingerprint density at radius 3 is 2.76 bits per heavy atom. The highest BCUT2D eigenvalue weighted by Gasteiger charge is 2.25. The fourth-order valence-electron chi connectivity index (χ4n) is 4.41. The standard InChI is InChI=1S/C26H23Cl2N3O5S2/c1-13-6-8-18-21(10-13)37-25-22(18)24(32)29-23(30-25)14(2)36-26(33)15-4-3-5-16(11-15)31-38(34,35)17-7-9-19(27)20(28)12-17/h3-5,7,9,11-14,31H,6,8,10H2,1-2H3,(H,29,30,32).